The molecule has 3 nitrogen and oxygen atoms in total. The van der Waals surface area contributed by atoms with Crippen molar-refractivity contribution in [3.8, 4) is 0 Å². The molecule has 4 heteroatoms. The first-order valence-corrected chi connectivity index (χ1v) is 9.67. The molecule has 2 heterocycles. The number of hydrogen-bond acceptors (Lipinski definition) is 3. The molecule has 1 N–H and O–H groups in total. The van der Waals surface area contributed by atoms with E-state index in [4.69, 9.17) is 9.47 Å². The Hall–Kier alpha value is -0.683. The second kappa shape index (κ2) is 4.45. The first-order chi connectivity index (χ1) is 8.59. The maximum atomic E-state index is 10.0. The van der Waals surface area contributed by atoms with E-state index in [2.05, 4.69) is 43.4 Å². The second-order valence-electron chi connectivity index (χ2n) is 5.87. The molecule has 18 heavy (non-hydrogen) atoms. The lowest BCUT2D eigenvalue weighted by Crippen LogP contribution is -2.53. The highest BCUT2D eigenvalue weighted by Crippen LogP contribution is 2.41. The van der Waals surface area contributed by atoms with Crippen molar-refractivity contribution >= 4 is 13.3 Å². The van der Waals surface area contributed by atoms with Crippen LogP contribution in [0.4, 0.5) is 0 Å². The third-order valence-electron chi connectivity index (χ3n) is 4.44. The highest BCUT2D eigenvalue weighted by atomic mass is 28.3. The van der Waals surface area contributed by atoms with Crippen molar-refractivity contribution < 1.29 is 14.6 Å². The van der Waals surface area contributed by atoms with Crippen molar-refractivity contribution in [2.75, 3.05) is 6.61 Å². The van der Waals surface area contributed by atoms with E-state index in [0.717, 1.165) is 6.42 Å². The molecule has 2 aliphatic rings. The highest BCUT2D eigenvalue weighted by Gasteiger charge is 2.50. The SMILES string of the molecule is C[Si](C)(c1ccccc1)[C@H]1CC(O)[C@@H]2OC[C@H]1O2. The summed E-state index contributed by atoms with van der Waals surface area (Å²) in [7, 11) is -1.64. The average Bonchev–Trinajstić information content (AvgIpc) is 2.80. The second-order valence-corrected chi connectivity index (χ2v) is 10.6. The molecule has 1 aromatic rings. The van der Waals surface area contributed by atoms with E-state index in [1.165, 1.54) is 5.19 Å². The van der Waals surface area contributed by atoms with Crippen LogP contribution < -0.4 is 5.19 Å². The van der Waals surface area contributed by atoms with Crippen molar-refractivity contribution in [3.05, 3.63) is 30.3 Å². The maximum absolute atomic E-state index is 10.0. The van der Waals surface area contributed by atoms with Crippen LogP contribution in [-0.4, -0.2) is 38.3 Å². The molecule has 1 aromatic carbocycles. The van der Waals surface area contributed by atoms with Crippen molar-refractivity contribution in [2.45, 2.75) is 43.6 Å². The van der Waals surface area contributed by atoms with Crippen molar-refractivity contribution in [2.24, 2.45) is 0 Å². The normalized spacial score (nSPS) is 35.7. The fourth-order valence-electron chi connectivity index (χ4n) is 3.22. The van der Waals surface area contributed by atoms with E-state index < -0.39 is 14.2 Å². The fraction of sp³-hybridized carbons (Fsp3) is 0.571. The summed E-state index contributed by atoms with van der Waals surface area (Å²) in [5, 5.41) is 11.5. The van der Waals surface area contributed by atoms with E-state index in [9.17, 15) is 5.11 Å². The number of hydrogen-bond donors (Lipinski definition) is 1. The quantitative estimate of drug-likeness (QED) is 0.822. The molecular weight excluding hydrogens is 244 g/mol. The molecule has 1 unspecified atom stereocenters. The van der Waals surface area contributed by atoms with Crippen LogP contribution >= 0.6 is 0 Å². The van der Waals surface area contributed by atoms with Crippen LogP contribution in [0, 0.1) is 0 Å². The van der Waals surface area contributed by atoms with Gasteiger partial charge in [-0.1, -0.05) is 48.6 Å². The first kappa shape index (κ1) is 12.4. The third-order valence-corrected chi connectivity index (χ3v) is 8.72. The van der Waals surface area contributed by atoms with Gasteiger partial charge >= 0.3 is 0 Å². The molecule has 0 amide bonds. The van der Waals surface area contributed by atoms with Gasteiger partial charge in [-0.25, -0.2) is 0 Å². The smallest absolute Gasteiger partial charge is 0.183 e. The number of aliphatic hydroxyl groups excluding tert-OH is 1. The van der Waals surface area contributed by atoms with E-state index in [-0.39, 0.29) is 12.4 Å². The molecule has 98 valence electrons. The number of fused-ring (bicyclic) bond motifs is 2. The lowest BCUT2D eigenvalue weighted by molar-refractivity contribution is -0.152. The van der Waals surface area contributed by atoms with E-state index in [0.29, 0.717) is 12.1 Å². The third kappa shape index (κ3) is 1.93. The monoisotopic (exact) mass is 264 g/mol. The molecule has 2 saturated heterocycles. The lowest BCUT2D eigenvalue weighted by Gasteiger charge is -2.40. The van der Waals surface area contributed by atoms with Gasteiger partial charge in [-0.15, -0.1) is 0 Å². The van der Waals surface area contributed by atoms with Crippen LogP contribution in [0.5, 0.6) is 0 Å². The van der Waals surface area contributed by atoms with Crippen molar-refractivity contribution in [1.29, 1.82) is 0 Å². The Morgan fingerprint density at radius 2 is 1.94 bits per heavy atom. The summed E-state index contributed by atoms with van der Waals surface area (Å²) in [6, 6.07) is 10.7. The molecule has 0 aromatic heterocycles. The van der Waals surface area contributed by atoms with Gasteiger partial charge in [0.2, 0.25) is 0 Å². The van der Waals surface area contributed by atoms with Crippen LogP contribution in [0.2, 0.25) is 18.6 Å². The predicted octanol–water partition coefficient (Wildman–Crippen LogP) is 1.48. The van der Waals surface area contributed by atoms with E-state index >= 15 is 0 Å². The summed E-state index contributed by atoms with van der Waals surface area (Å²) in [5.41, 5.74) is 0.425. The summed E-state index contributed by atoms with van der Waals surface area (Å²) in [5.74, 6) is 0. The van der Waals surface area contributed by atoms with Crippen LogP contribution in [0.15, 0.2) is 30.3 Å². The zero-order chi connectivity index (χ0) is 12.8. The Balaban J connectivity index is 1.89. The average molecular weight is 264 g/mol. The standard InChI is InChI=1S/C14H20O3Si/c1-18(2,10-6-4-3-5-7-10)13-8-11(15)14-16-9-12(13)17-14/h3-7,11-15H,8-9H2,1-2H3/t11?,12-,13+,14-/m1/s1. The minimum atomic E-state index is -1.64. The fourth-order valence-corrected chi connectivity index (χ4v) is 6.63. The molecule has 2 bridgehead atoms. The summed E-state index contributed by atoms with van der Waals surface area (Å²) < 4.78 is 11.3. The van der Waals surface area contributed by atoms with Gasteiger partial charge in [0.05, 0.1) is 20.8 Å². The molecule has 0 saturated carbocycles. The number of aliphatic hydroxyl groups is 1. The van der Waals surface area contributed by atoms with Gasteiger partial charge in [-0.2, -0.15) is 0 Å². The lowest BCUT2D eigenvalue weighted by atomic mass is 10.1. The van der Waals surface area contributed by atoms with Crippen LogP contribution in [0.1, 0.15) is 6.42 Å². The molecular formula is C14H20O3Si. The van der Waals surface area contributed by atoms with Crippen molar-refractivity contribution in [3.63, 3.8) is 0 Å². The maximum Gasteiger partial charge on any atom is 0.183 e. The number of rotatable bonds is 2. The molecule has 0 spiro atoms. The molecule has 3 rings (SSSR count). The van der Waals surface area contributed by atoms with Gasteiger partial charge < -0.3 is 14.6 Å². The topological polar surface area (TPSA) is 38.7 Å². The van der Waals surface area contributed by atoms with Gasteiger partial charge in [0, 0.05) is 0 Å². The Morgan fingerprint density at radius 3 is 2.67 bits per heavy atom. The predicted molar refractivity (Wildman–Crippen MR) is 72.5 cm³/mol. The molecule has 2 fully saturated rings. The summed E-state index contributed by atoms with van der Waals surface area (Å²) in [6.07, 6.45) is 0.125. The van der Waals surface area contributed by atoms with Crippen molar-refractivity contribution in [1.82, 2.24) is 0 Å². The summed E-state index contributed by atoms with van der Waals surface area (Å²) >= 11 is 0. The Labute approximate surface area is 109 Å². The summed E-state index contributed by atoms with van der Waals surface area (Å²) in [4.78, 5) is 0. The Kier molecular flexibility index (Phi) is 3.06. The van der Waals surface area contributed by atoms with Crippen LogP contribution in [0.25, 0.3) is 0 Å². The van der Waals surface area contributed by atoms with Gasteiger partial charge in [0.25, 0.3) is 0 Å². The van der Waals surface area contributed by atoms with Gasteiger partial charge in [0.15, 0.2) is 6.29 Å². The van der Waals surface area contributed by atoms with Crippen LogP contribution in [0.3, 0.4) is 0 Å². The highest BCUT2D eigenvalue weighted by molar-refractivity contribution is 6.91. The number of benzene rings is 1. The molecule has 2 aliphatic heterocycles. The zero-order valence-electron chi connectivity index (χ0n) is 10.9. The van der Waals surface area contributed by atoms with E-state index in [1.807, 2.05) is 0 Å². The Morgan fingerprint density at radius 1 is 1.22 bits per heavy atom. The van der Waals surface area contributed by atoms with E-state index in [1.54, 1.807) is 0 Å². The first-order valence-electron chi connectivity index (χ1n) is 6.59. The molecule has 0 aliphatic carbocycles. The zero-order valence-corrected chi connectivity index (χ0v) is 11.9. The summed E-state index contributed by atoms with van der Waals surface area (Å²) in [6.45, 7) is 5.36. The van der Waals surface area contributed by atoms with Gasteiger partial charge in [-0.05, 0) is 12.0 Å². The number of ether oxygens (including phenoxy) is 2. The molecule has 0 radical (unpaired) electrons. The molecule has 4 atom stereocenters. The minimum Gasteiger partial charge on any atom is -0.388 e. The van der Waals surface area contributed by atoms with Gasteiger partial charge in [0.1, 0.15) is 6.10 Å². The minimum absolute atomic E-state index is 0.167. The van der Waals surface area contributed by atoms with Crippen LogP contribution in [-0.2, 0) is 9.47 Å². The Bertz CT molecular complexity index is 420. The largest absolute Gasteiger partial charge is 0.388 e. The van der Waals surface area contributed by atoms with Gasteiger partial charge in [-0.3, -0.25) is 0 Å².